The summed E-state index contributed by atoms with van der Waals surface area (Å²) in [6, 6.07) is 7.08. The number of benzene rings is 1. The lowest BCUT2D eigenvalue weighted by Gasteiger charge is -2.23. The molecule has 0 saturated heterocycles. The van der Waals surface area contributed by atoms with E-state index in [0.29, 0.717) is 10.6 Å². The summed E-state index contributed by atoms with van der Waals surface area (Å²) in [6.45, 7) is 7.15. The van der Waals surface area contributed by atoms with Gasteiger partial charge < -0.3 is 10.4 Å². The third kappa shape index (κ3) is 3.31. The van der Waals surface area contributed by atoms with Crippen LogP contribution in [-0.2, 0) is 0 Å². The number of hydrogen-bond donors (Lipinski definition) is 2. The highest BCUT2D eigenvalue weighted by molar-refractivity contribution is 6.31. The van der Waals surface area contributed by atoms with Gasteiger partial charge in [-0.15, -0.1) is 0 Å². The Morgan fingerprint density at radius 2 is 1.91 bits per heavy atom. The number of rotatable bonds is 4. The number of aryl methyl sites for hydroxylation is 1. The molecule has 0 aliphatic carbocycles. The molecule has 1 aromatic carbocycles. The van der Waals surface area contributed by atoms with Gasteiger partial charge in [0, 0.05) is 5.56 Å². The highest BCUT2D eigenvalue weighted by atomic mass is 35.5. The molecular weight excluding hydrogens is 302 g/mol. The number of hydrogen-bond acceptors (Lipinski definition) is 3. The highest BCUT2D eigenvalue weighted by Crippen LogP contribution is 2.22. The van der Waals surface area contributed by atoms with Crippen LogP contribution in [0, 0.1) is 13.8 Å². The second-order valence-electron chi connectivity index (χ2n) is 5.94. The van der Waals surface area contributed by atoms with Gasteiger partial charge in [0.2, 0.25) is 0 Å². The number of aliphatic hydroxyl groups excluding tert-OH is 1. The van der Waals surface area contributed by atoms with Crippen LogP contribution in [0.4, 0.5) is 0 Å². The van der Waals surface area contributed by atoms with Crippen LogP contribution in [0.2, 0.25) is 5.02 Å². The van der Waals surface area contributed by atoms with Gasteiger partial charge >= 0.3 is 0 Å². The monoisotopic (exact) mass is 321 g/mol. The van der Waals surface area contributed by atoms with Crippen molar-refractivity contribution in [3.05, 3.63) is 46.2 Å². The Morgan fingerprint density at radius 1 is 1.32 bits per heavy atom. The maximum absolute atomic E-state index is 12.1. The molecule has 0 spiro atoms. The molecule has 0 saturated carbocycles. The average molecular weight is 322 g/mol. The predicted octanol–water partition coefficient (Wildman–Crippen LogP) is 2.64. The van der Waals surface area contributed by atoms with Crippen LogP contribution in [0.15, 0.2) is 24.3 Å². The van der Waals surface area contributed by atoms with E-state index in [-0.39, 0.29) is 12.5 Å². The first-order chi connectivity index (χ1) is 10.2. The molecule has 118 valence electrons. The van der Waals surface area contributed by atoms with Crippen LogP contribution in [0.5, 0.6) is 0 Å². The number of carbonyl (C=O) groups is 1. The van der Waals surface area contributed by atoms with E-state index in [0.717, 1.165) is 17.1 Å². The Morgan fingerprint density at radius 3 is 2.36 bits per heavy atom. The molecule has 0 bridgehead atoms. The number of aromatic nitrogens is 2. The molecule has 0 unspecified atom stereocenters. The lowest BCUT2D eigenvalue weighted by atomic mass is 10.1. The second kappa shape index (κ2) is 6.10. The van der Waals surface area contributed by atoms with Gasteiger partial charge in [-0.1, -0.05) is 11.6 Å². The van der Waals surface area contributed by atoms with Gasteiger partial charge in [0.25, 0.3) is 5.91 Å². The van der Waals surface area contributed by atoms with Crippen molar-refractivity contribution in [1.82, 2.24) is 15.1 Å². The normalized spacial score (nSPS) is 11.5. The summed E-state index contributed by atoms with van der Waals surface area (Å²) in [5.74, 6) is -0.225. The van der Waals surface area contributed by atoms with Crippen LogP contribution in [-0.4, -0.2) is 32.9 Å². The zero-order valence-corrected chi connectivity index (χ0v) is 13.9. The summed E-state index contributed by atoms with van der Waals surface area (Å²) >= 11 is 6.15. The smallest absolute Gasteiger partial charge is 0.251 e. The van der Waals surface area contributed by atoms with E-state index in [1.807, 2.05) is 26.0 Å². The first kappa shape index (κ1) is 16.5. The molecule has 22 heavy (non-hydrogen) atoms. The lowest BCUT2D eigenvalue weighted by molar-refractivity contribution is 0.0869. The molecule has 1 amide bonds. The summed E-state index contributed by atoms with van der Waals surface area (Å²) < 4.78 is 1.75. The van der Waals surface area contributed by atoms with Gasteiger partial charge in [0.1, 0.15) is 0 Å². The second-order valence-corrected chi connectivity index (χ2v) is 6.32. The Labute approximate surface area is 134 Å². The molecule has 2 aromatic rings. The fourth-order valence-electron chi connectivity index (χ4n) is 2.05. The number of amides is 1. The van der Waals surface area contributed by atoms with Crippen molar-refractivity contribution in [1.29, 1.82) is 0 Å². The van der Waals surface area contributed by atoms with Gasteiger partial charge in [-0.2, -0.15) is 5.10 Å². The Hall–Kier alpha value is -1.85. The molecule has 6 heteroatoms. The average Bonchev–Trinajstić information content (AvgIpc) is 2.74. The van der Waals surface area contributed by atoms with Gasteiger partial charge in [-0.25, -0.2) is 4.68 Å². The summed E-state index contributed by atoms with van der Waals surface area (Å²) in [7, 11) is 0. The summed E-state index contributed by atoms with van der Waals surface area (Å²) in [6.07, 6.45) is 0. The Bertz CT molecular complexity index is 690. The maximum Gasteiger partial charge on any atom is 0.251 e. The number of nitrogens with one attached hydrogen (secondary N) is 1. The molecule has 1 aromatic heterocycles. The van der Waals surface area contributed by atoms with Gasteiger partial charge in [0.05, 0.1) is 34.2 Å². The van der Waals surface area contributed by atoms with Crippen molar-refractivity contribution in [2.24, 2.45) is 0 Å². The van der Waals surface area contributed by atoms with Crippen molar-refractivity contribution >= 4 is 17.5 Å². The molecule has 2 N–H and O–H groups in total. The van der Waals surface area contributed by atoms with Gasteiger partial charge in [-0.3, -0.25) is 4.79 Å². The first-order valence-electron chi connectivity index (χ1n) is 7.01. The number of nitrogens with zero attached hydrogens (tertiary/aromatic N) is 2. The van der Waals surface area contributed by atoms with E-state index < -0.39 is 5.54 Å². The minimum Gasteiger partial charge on any atom is -0.394 e. The molecule has 0 fully saturated rings. The van der Waals surface area contributed by atoms with Crippen molar-refractivity contribution in [2.45, 2.75) is 33.2 Å². The van der Waals surface area contributed by atoms with Crippen molar-refractivity contribution < 1.29 is 9.90 Å². The summed E-state index contributed by atoms with van der Waals surface area (Å²) in [4.78, 5) is 12.1. The standard InChI is InChI=1S/C16H20ClN3O2/c1-10-14(17)11(2)20(19-10)13-7-5-12(6-8-13)15(22)18-16(3,4)9-21/h5-8,21H,9H2,1-4H3,(H,18,22). The molecular formula is C16H20ClN3O2. The van der Waals surface area contributed by atoms with Crippen molar-refractivity contribution in [3.63, 3.8) is 0 Å². The topological polar surface area (TPSA) is 67.2 Å². The molecule has 0 radical (unpaired) electrons. The maximum atomic E-state index is 12.1. The van der Waals surface area contributed by atoms with Crippen molar-refractivity contribution in [2.75, 3.05) is 6.61 Å². The molecule has 0 aliphatic heterocycles. The van der Waals surface area contributed by atoms with Gasteiger partial charge in [-0.05, 0) is 52.0 Å². The Balaban J connectivity index is 2.24. The molecule has 5 nitrogen and oxygen atoms in total. The number of carbonyl (C=O) groups excluding carboxylic acids is 1. The van der Waals surface area contributed by atoms with Crippen LogP contribution >= 0.6 is 11.6 Å². The number of halogens is 1. The molecule has 0 atom stereocenters. The van der Waals surface area contributed by atoms with E-state index in [1.54, 1.807) is 30.7 Å². The van der Waals surface area contributed by atoms with Crippen LogP contribution in [0.1, 0.15) is 35.6 Å². The summed E-state index contributed by atoms with van der Waals surface area (Å²) in [5, 5.41) is 17.0. The third-order valence-electron chi connectivity index (χ3n) is 3.42. The van der Waals surface area contributed by atoms with Crippen LogP contribution in [0.3, 0.4) is 0 Å². The van der Waals surface area contributed by atoms with Crippen LogP contribution in [0.25, 0.3) is 5.69 Å². The largest absolute Gasteiger partial charge is 0.394 e. The fourth-order valence-corrected chi connectivity index (χ4v) is 2.17. The minimum absolute atomic E-state index is 0.124. The van der Waals surface area contributed by atoms with E-state index in [4.69, 9.17) is 11.6 Å². The number of aliphatic hydroxyl groups is 1. The molecule has 2 rings (SSSR count). The van der Waals surface area contributed by atoms with E-state index >= 15 is 0 Å². The molecule has 0 aliphatic rings. The molecule has 1 heterocycles. The predicted molar refractivity (Wildman–Crippen MR) is 86.7 cm³/mol. The SMILES string of the molecule is Cc1nn(-c2ccc(C(=O)NC(C)(C)CO)cc2)c(C)c1Cl. The van der Waals surface area contributed by atoms with Gasteiger partial charge in [0.15, 0.2) is 0 Å². The van der Waals surface area contributed by atoms with Crippen molar-refractivity contribution in [3.8, 4) is 5.69 Å². The van der Waals surface area contributed by atoms with E-state index in [2.05, 4.69) is 10.4 Å². The van der Waals surface area contributed by atoms with Crippen LogP contribution < -0.4 is 5.32 Å². The quantitative estimate of drug-likeness (QED) is 0.909. The lowest BCUT2D eigenvalue weighted by Crippen LogP contribution is -2.46. The first-order valence-corrected chi connectivity index (χ1v) is 7.38. The van der Waals surface area contributed by atoms with E-state index in [1.165, 1.54) is 0 Å². The minimum atomic E-state index is -0.654. The zero-order valence-electron chi connectivity index (χ0n) is 13.1. The summed E-state index contributed by atoms with van der Waals surface area (Å²) in [5.41, 5.74) is 2.34. The van der Waals surface area contributed by atoms with E-state index in [9.17, 15) is 9.90 Å². The highest BCUT2D eigenvalue weighted by Gasteiger charge is 2.20. The Kier molecular flexibility index (Phi) is 4.58. The zero-order chi connectivity index (χ0) is 16.5. The third-order valence-corrected chi connectivity index (χ3v) is 3.97. The fraction of sp³-hybridized carbons (Fsp3) is 0.375.